The van der Waals surface area contributed by atoms with Crippen molar-refractivity contribution in [2.75, 3.05) is 29.0 Å². The van der Waals surface area contributed by atoms with Gasteiger partial charge in [0.05, 0.1) is 17.4 Å². The molecule has 0 radical (unpaired) electrons. The fourth-order valence-electron chi connectivity index (χ4n) is 4.62. The Kier molecular flexibility index (Phi) is 5.60. The molecule has 3 N–H and O–H groups in total. The molecule has 2 bridgehead atoms. The molecule has 5 rings (SSSR count). The zero-order chi connectivity index (χ0) is 22.8. The van der Waals surface area contributed by atoms with Crippen molar-refractivity contribution >= 4 is 29.1 Å². The number of nitrogen functional groups attached to an aromatic ring is 1. The number of para-hydroxylation sites is 2. The number of hydrogen-bond acceptors (Lipinski definition) is 5. The third-order valence-electron chi connectivity index (χ3n) is 6.35. The van der Waals surface area contributed by atoms with Crippen LogP contribution in [0.4, 0.5) is 21.9 Å². The lowest BCUT2D eigenvalue weighted by atomic mass is 10.1. The molecule has 7 heteroatoms. The summed E-state index contributed by atoms with van der Waals surface area (Å²) in [4.78, 5) is 29.3. The Bertz CT molecular complexity index is 1150. The fraction of sp³-hybridized carbons (Fsp3) is 0.231. The van der Waals surface area contributed by atoms with Crippen molar-refractivity contribution in [2.45, 2.75) is 25.1 Å². The first-order chi connectivity index (χ1) is 16.1. The molecule has 2 heterocycles. The van der Waals surface area contributed by atoms with Crippen LogP contribution in [0, 0.1) is 0 Å². The number of anilines is 3. The number of ether oxygens (including phenoxy) is 1. The van der Waals surface area contributed by atoms with Gasteiger partial charge < -0.3 is 25.6 Å². The first-order valence-corrected chi connectivity index (χ1v) is 11.1. The van der Waals surface area contributed by atoms with Crippen molar-refractivity contribution in [2.24, 2.45) is 0 Å². The van der Waals surface area contributed by atoms with Gasteiger partial charge in [0.1, 0.15) is 6.61 Å². The maximum atomic E-state index is 12.6. The molecule has 2 aliphatic heterocycles. The van der Waals surface area contributed by atoms with Crippen LogP contribution in [0.3, 0.4) is 0 Å². The van der Waals surface area contributed by atoms with E-state index in [0.717, 1.165) is 24.2 Å². The van der Waals surface area contributed by atoms with Crippen molar-refractivity contribution in [3.63, 3.8) is 0 Å². The van der Waals surface area contributed by atoms with E-state index < -0.39 is 0 Å². The van der Waals surface area contributed by atoms with Crippen molar-refractivity contribution in [3.05, 3.63) is 90.0 Å². The molecular formula is C26H26N4O3. The van der Waals surface area contributed by atoms with Gasteiger partial charge in [-0.1, -0.05) is 42.5 Å². The summed E-state index contributed by atoms with van der Waals surface area (Å²) in [7, 11) is 0. The van der Waals surface area contributed by atoms with E-state index >= 15 is 0 Å². The average Bonchev–Trinajstić information content (AvgIpc) is 3.46. The summed E-state index contributed by atoms with van der Waals surface area (Å²) in [6.45, 7) is 1.69. The molecule has 3 aromatic carbocycles. The average molecular weight is 443 g/mol. The Morgan fingerprint density at radius 1 is 0.909 bits per heavy atom. The predicted octanol–water partition coefficient (Wildman–Crippen LogP) is 4.12. The summed E-state index contributed by atoms with van der Waals surface area (Å²) in [6, 6.07) is 24.9. The molecule has 2 saturated heterocycles. The second kappa shape index (κ2) is 8.86. The third-order valence-corrected chi connectivity index (χ3v) is 6.35. The van der Waals surface area contributed by atoms with Gasteiger partial charge in [0.2, 0.25) is 0 Å². The van der Waals surface area contributed by atoms with Crippen molar-refractivity contribution in [1.82, 2.24) is 4.90 Å². The highest BCUT2D eigenvalue weighted by atomic mass is 16.6. The van der Waals surface area contributed by atoms with Gasteiger partial charge in [-0.3, -0.25) is 4.79 Å². The SMILES string of the molecule is Nc1ccccc1NC(=O)c1ccc(N2C[C@@H]3C[C@H]2CN3C(=O)OCc2ccccc2)cc1. The number of benzene rings is 3. The highest BCUT2D eigenvalue weighted by molar-refractivity contribution is 6.05. The minimum Gasteiger partial charge on any atom is -0.445 e. The standard InChI is InChI=1S/C26H26N4O3/c27-23-8-4-5-9-24(23)28-25(31)19-10-12-20(13-11-19)29-15-22-14-21(29)16-30(22)26(32)33-17-18-6-2-1-3-7-18/h1-13,21-22H,14-17,27H2,(H,28,31)/t21-,22-/m0/s1. The van der Waals surface area contributed by atoms with E-state index in [1.165, 1.54) is 0 Å². The van der Waals surface area contributed by atoms with Crippen molar-refractivity contribution in [3.8, 4) is 0 Å². The summed E-state index contributed by atoms with van der Waals surface area (Å²) in [5.74, 6) is -0.199. The third kappa shape index (κ3) is 4.35. The predicted molar refractivity (Wildman–Crippen MR) is 128 cm³/mol. The van der Waals surface area contributed by atoms with Gasteiger partial charge >= 0.3 is 6.09 Å². The molecule has 0 aliphatic carbocycles. The number of nitrogens with zero attached hydrogens (tertiary/aromatic N) is 2. The highest BCUT2D eigenvalue weighted by Crippen LogP contribution is 2.35. The van der Waals surface area contributed by atoms with E-state index in [-0.39, 0.29) is 30.7 Å². The largest absolute Gasteiger partial charge is 0.445 e. The zero-order valence-corrected chi connectivity index (χ0v) is 18.2. The van der Waals surface area contributed by atoms with E-state index in [4.69, 9.17) is 10.5 Å². The Labute approximate surface area is 192 Å². The summed E-state index contributed by atoms with van der Waals surface area (Å²) in [5, 5.41) is 2.85. The maximum absolute atomic E-state index is 12.6. The number of amides is 2. The molecule has 2 atom stereocenters. The zero-order valence-electron chi connectivity index (χ0n) is 18.2. The molecule has 0 spiro atoms. The Morgan fingerprint density at radius 3 is 2.33 bits per heavy atom. The number of fused-ring (bicyclic) bond motifs is 2. The number of nitrogens with one attached hydrogen (secondary N) is 1. The molecule has 7 nitrogen and oxygen atoms in total. The molecule has 0 unspecified atom stereocenters. The lowest BCUT2D eigenvalue weighted by Gasteiger charge is -2.35. The second-order valence-corrected chi connectivity index (χ2v) is 8.48. The molecular weight excluding hydrogens is 416 g/mol. The molecule has 2 amide bonds. The van der Waals surface area contributed by atoms with Gasteiger partial charge in [0.25, 0.3) is 5.91 Å². The van der Waals surface area contributed by atoms with Crippen LogP contribution in [-0.2, 0) is 11.3 Å². The highest BCUT2D eigenvalue weighted by Gasteiger charge is 2.46. The first kappa shape index (κ1) is 20.9. The summed E-state index contributed by atoms with van der Waals surface area (Å²) < 4.78 is 5.52. The number of hydrogen-bond donors (Lipinski definition) is 2. The minimum atomic E-state index is -0.252. The van der Waals surface area contributed by atoms with Gasteiger partial charge in [0, 0.05) is 30.4 Å². The lowest BCUT2D eigenvalue weighted by molar-refractivity contribution is 0.0898. The van der Waals surface area contributed by atoms with Crippen LogP contribution in [0.2, 0.25) is 0 Å². The maximum Gasteiger partial charge on any atom is 0.410 e. The topological polar surface area (TPSA) is 87.9 Å². The number of carbonyl (C=O) groups excluding carboxylic acids is 2. The van der Waals surface area contributed by atoms with Crippen LogP contribution in [-0.4, -0.2) is 42.1 Å². The van der Waals surface area contributed by atoms with Gasteiger partial charge in [0.15, 0.2) is 0 Å². The Balaban J connectivity index is 1.17. The number of nitrogens with two attached hydrogens (primary N) is 1. The monoisotopic (exact) mass is 442 g/mol. The van der Waals surface area contributed by atoms with E-state index in [1.54, 1.807) is 12.1 Å². The molecule has 0 aromatic heterocycles. The number of carbonyl (C=O) groups is 2. The van der Waals surface area contributed by atoms with E-state index in [9.17, 15) is 9.59 Å². The van der Waals surface area contributed by atoms with Crippen molar-refractivity contribution in [1.29, 1.82) is 0 Å². The summed E-state index contributed by atoms with van der Waals surface area (Å²) in [6.07, 6.45) is 0.675. The molecule has 2 aliphatic rings. The Hall–Kier alpha value is -4.00. The molecule has 2 fully saturated rings. The number of likely N-dealkylation sites (tertiary alicyclic amines) is 1. The van der Waals surface area contributed by atoms with Gasteiger partial charge in [-0.05, 0) is 48.4 Å². The summed E-state index contributed by atoms with van der Waals surface area (Å²) >= 11 is 0. The first-order valence-electron chi connectivity index (χ1n) is 11.1. The Morgan fingerprint density at radius 2 is 1.64 bits per heavy atom. The molecule has 33 heavy (non-hydrogen) atoms. The smallest absolute Gasteiger partial charge is 0.410 e. The summed E-state index contributed by atoms with van der Waals surface area (Å²) in [5.41, 5.74) is 9.64. The van der Waals surface area contributed by atoms with Crippen LogP contribution in [0.1, 0.15) is 22.3 Å². The molecule has 0 saturated carbocycles. The van der Waals surface area contributed by atoms with E-state index in [2.05, 4.69) is 10.2 Å². The minimum absolute atomic E-state index is 0.141. The lowest BCUT2D eigenvalue weighted by Crippen LogP contribution is -2.49. The number of rotatable bonds is 5. The van der Waals surface area contributed by atoms with Crippen molar-refractivity contribution < 1.29 is 14.3 Å². The van der Waals surface area contributed by atoms with E-state index in [0.29, 0.717) is 23.5 Å². The molecule has 3 aromatic rings. The fourth-order valence-corrected chi connectivity index (χ4v) is 4.62. The van der Waals surface area contributed by atoms with Crippen LogP contribution < -0.4 is 16.0 Å². The van der Waals surface area contributed by atoms with Crippen LogP contribution in [0.5, 0.6) is 0 Å². The van der Waals surface area contributed by atoms with Gasteiger partial charge in [-0.15, -0.1) is 0 Å². The van der Waals surface area contributed by atoms with Gasteiger partial charge in [-0.2, -0.15) is 0 Å². The van der Waals surface area contributed by atoms with Crippen LogP contribution in [0.15, 0.2) is 78.9 Å². The van der Waals surface area contributed by atoms with Gasteiger partial charge in [-0.25, -0.2) is 4.79 Å². The van der Waals surface area contributed by atoms with E-state index in [1.807, 2.05) is 71.6 Å². The van der Waals surface area contributed by atoms with Crippen LogP contribution in [0.25, 0.3) is 0 Å². The molecule has 168 valence electrons. The second-order valence-electron chi connectivity index (χ2n) is 8.48. The normalized spacial score (nSPS) is 18.9. The van der Waals surface area contributed by atoms with Crippen LogP contribution >= 0.6 is 0 Å². The quantitative estimate of drug-likeness (QED) is 0.581. The number of piperazine rings is 1.